The Morgan fingerprint density at radius 3 is 1.78 bits per heavy atom. The number of benzene rings is 1. The molecule has 0 aliphatic rings. The number of rotatable bonds is 3. The normalized spacial score (nSPS) is 9.43. The summed E-state index contributed by atoms with van der Waals surface area (Å²) < 4.78 is 0. The second-order valence-electron chi connectivity index (χ2n) is 3.78. The highest BCUT2D eigenvalue weighted by Crippen LogP contribution is 2.38. The maximum Gasteiger partial charge on any atom is 0.324 e. The molecule has 1 N–H and O–H groups in total. The molecule has 2 rings (SSSR count). The molecule has 0 radical (unpaired) electrons. The lowest BCUT2D eigenvalue weighted by atomic mass is 10.2. The van der Waals surface area contributed by atoms with Gasteiger partial charge in [-0.1, -0.05) is 11.6 Å². The molecule has 12 heteroatoms. The van der Waals surface area contributed by atoms with Crippen molar-refractivity contribution in [2.24, 2.45) is 0 Å². The van der Waals surface area contributed by atoms with E-state index in [0.29, 0.717) is 17.2 Å². The summed E-state index contributed by atoms with van der Waals surface area (Å²) in [6, 6.07) is 4.47. The average Bonchev–Trinajstić information content (AvgIpc) is 2.48. The molecule has 2 aromatic rings. The molecule has 1 heterocycles. The van der Waals surface area contributed by atoms with Crippen molar-refractivity contribution in [3.05, 3.63) is 72.0 Å². The van der Waals surface area contributed by atoms with Gasteiger partial charge in [0, 0.05) is 12.4 Å². The van der Waals surface area contributed by atoms with Crippen LogP contribution < -0.4 is 0 Å². The first kappa shape index (κ1) is 17.7. The van der Waals surface area contributed by atoms with E-state index in [1.807, 2.05) is 0 Å². The maximum atomic E-state index is 10.4. The summed E-state index contributed by atoms with van der Waals surface area (Å²) in [6.45, 7) is 0. The van der Waals surface area contributed by atoms with Gasteiger partial charge in [0.25, 0.3) is 11.4 Å². The second-order valence-corrected chi connectivity index (χ2v) is 4.21. The molecule has 0 bridgehead atoms. The quantitative estimate of drug-likeness (QED) is 0.657. The summed E-state index contributed by atoms with van der Waals surface area (Å²) in [6.07, 6.45) is 3.29. The Labute approximate surface area is 132 Å². The summed E-state index contributed by atoms with van der Waals surface area (Å²) in [5.74, 6) is -1.21. The fourth-order valence-electron chi connectivity index (χ4n) is 1.32. The summed E-state index contributed by atoms with van der Waals surface area (Å²) in [4.78, 5) is 31.5. The number of non-ortho nitro benzene ring substituents is 1. The van der Waals surface area contributed by atoms with E-state index in [4.69, 9.17) is 16.7 Å². The van der Waals surface area contributed by atoms with E-state index in [0.717, 1.165) is 0 Å². The molecular formula is C11H7ClN4O7. The van der Waals surface area contributed by atoms with E-state index in [-0.39, 0.29) is 0 Å². The van der Waals surface area contributed by atoms with Crippen molar-refractivity contribution in [2.45, 2.75) is 0 Å². The van der Waals surface area contributed by atoms with Gasteiger partial charge in [-0.3, -0.25) is 35.3 Å². The fourth-order valence-corrected chi connectivity index (χ4v) is 1.44. The van der Waals surface area contributed by atoms with Gasteiger partial charge in [-0.2, -0.15) is 0 Å². The van der Waals surface area contributed by atoms with Gasteiger partial charge >= 0.3 is 11.4 Å². The lowest BCUT2D eigenvalue weighted by molar-refractivity contribution is -0.404. The van der Waals surface area contributed by atoms with Crippen LogP contribution in [0.1, 0.15) is 0 Å². The van der Waals surface area contributed by atoms with Crippen LogP contribution in [-0.2, 0) is 0 Å². The first-order valence-corrected chi connectivity index (χ1v) is 5.97. The van der Waals surface area contributed by atoms with Crippen molar-refractivity contribution in [1.29, 1.82) is 0 Å². The zero-order valence-corrected chi connectivity index (χ0v) is 11.8. The predicted molar refractivity (Wildman–Crippen MR) is 77.3 cm³/mol. The van der Waals surface area contributed by atoms with E-state index in [1.54, 1.807) is 24.5 Å². The number of pyridine rings is 1. The van der Waals surface area contributed by atoms with Crippen molar-refractivity contribution in [2.75, 3.05) is 0 Å². The third-order valence-corrected chi connectivity index (χ3v) is 2.51. The van der Waals surface area contributed by atoms with Crippen LogP contribution in [0.4, 0.5) is 17.1 Å². The molecule has 1 aromatic carbocycles. The molecule has 23 heavy (non-hydrogen) atoms. The molecule has 0 saturated carbocycles. The minimum atomic E-state index is -1.21. The highest BCUT2D eigenvalue weighted by Gasteiger charge is 2.30. The van der Waals surface area contributed by atoms with Crippen LogP contribution in [0.15, 0.2) is 36.7 Å². The van der Waals surface area contributed by atoms with Crippen LogP contribution in [0.25, 0.3) is 0 Å². The van der Waals surface area contributed by atoms with E-state index < -0.39 is 37.6 Å². The lowest BCUT2D eigenvalue weighted by Crippen LogP contribution is -1.97. The predicted octanol–water partition coefficient (Wildman–Crippen LogP) is 2.85. The van der Waals surface area contributed by atoms with Gasteiger partial charge in [0.15, 0.2) is 0 Å². The number of hydrogen-bond donors (Lipinski definition) is 1. The van der Waals surface area contributed by atoms with Gasteiger partial charge in [0.05, 0.1) is 31.9 Å². The first-order valence-electron chi connectivity index (χ1n) is 5.59. The molecule has 0 spiro atoms. The molecule has 11 nitrogen and oxygen atoms in total. The van der Waals surface area contributed by atoms with E-state index >= 15 is 0 Å². The van der Waals surface area contributed by atoms with Crippen LogP contribution in [0.2, 0.25) is 5.02 Å². The number of hydrogen-bond acceptors (Lipinski definition) is 8. The number of phenols is 1. The molecule has 0 atom stereocenters. The Morgan fingerprint density at radius 1 is 1.00 bits per heavy atom. The minimum Gasteiger partial charge on any atom is -0.497 e. The molecule has 0 unspecified atom stereocenters. The number of nitro groups is 3. The van der Waals surface area contributed by atoms with Gasteiger partial charge in [0.2, 0.25) is 0 Å². The summed E-state index contributed by atoms with van der Waals surface area (Å²) >= 11 is 5.48. The smallest absolute Gasteiger partial charge is 0.324 e. The molecule has 1 aromatic heterocycles. The summed E-state index contributed by atoms with van der Waals surface area (Å²) in [5.41, 5.74) is -3.00. The van der Waals surface area contributed by atoms with Crippen LogP contribution in [-0.4, -0.2) is 24.9 Å². The number of phenolic OH excluding ortho intramolecular Hbond substituents is 1. The van der Waals surface area contributed by atoms with E-state index in [9.17, 15) is 30.3 Å². The van der Waals surface area contributed by atoms with Gasteiger partial charge in [-0.15, -0.1) is 0 Å². The molecule has 0 amide bonds. The molecule has 0 fully saturated rings. The van der Waals surface area contributed by atoms with Gasteiger partial charge in [-0.05, 0) is 12.1 Å². The summed E-state index contributed by atoms with van der Waals surface area (Å²) in [5, 5.41) is 40.9. The molecular weight excluding hydrogens is 336 g/mol. The zero-order chi connectivity index (χ0) is 17.6. The monoisotopic (exact) mass is 342 g/mol. The number of nitro benzene ring substituents is 3. The molecule has 0 aliphatic carbocycles. The molecule has 0 aliphatic heterocycles. The van der Waals surface area contributed by atoms with Crippen molar-refractivity contribution >= 4 is 28.7 Å². The topological polar surface area (TPSA) is 163 Å². The van der Waals surface area contributed by atoms with Crippen LogP contribution >= 0.6 is 11.6 Å². The maximum absolute atomic E-state index is 10.4. The second kappa shape index (κ2) is 7.61. The summed E-state index contributed by atoms with van der Waals surface area (Å²) in [7, 11) is 0. The largest absolute Gasteiger partial charge is 0.497 e. The number of nitrogens with zero attached hydrogens (tertiary/aromatic N) is 4. The van der Waals surface area contributed by atoms with Crippen molar-refractivity contribution in [3.63, 3.8) is 0 Å². The first-order chi connectivity index (χ1) is 10.7. The standard InChI is InChI=1S/C6H3N3O7.C5H4ClN/c10-6-4(8(13)14)1-3(7(11)12)2-5(6)9(15)16;6-5-2-1-3-7-4-5/h1-2,10H;1-4H. The Bertz CT molecular complexity index is 718. The number of aromatic nitrogens is 1. The van der Waals surface area contributed by atoms with Gasteiger partial charge < -0.3 is 5.11 Å². The van der Waals surface area contributed by atoms with Crippen LogP contribution in [0.5, 0.6) is 5.75 Å². The third-order valence-electron chi connectivity index (χ3n) is 2.28. The van der Waals surface area contributed by atoms with Crippen LogP contribution in [0.3, 0.4) is 0 Å². The Kier molecular flexibility index (Phi) is 5.86. The fraction of sp³-hybridized carbons (Fsp3) is 0. The van der Waals surface area contributed by atoms with Gasteiger partial charge in [-0.25, -0.2) is 0 Å². The lowest BCUT2D eigenvalue weighted by Gasteiger charge is -1.97. The molecule has 120 valence electrons. The Balaban J connectivity index is 0.000000313. The Hall–Kier alpha value is -3.34. The highest BCUT2D eigenvalue weighted by molar-refractivity contribution is 6.30. The average molecular weight is 343 g/mol. The van der Waals surface area contributed by atoms with Crippen molar-refractivity contribution < 1.29 is 19.9 Å². The van der Waals surface area contributed by atoms with Crippen molar-refractivity contribution in [1.82, 2.24) is 4.98 Å². The number of aromatic hydroxyl groups is 1. The minimum absolute atomic E-state index is 0.447. The highest BCUT2D eigenvalue weighted by atomic mass is 35.5. The van der Waals surface area contributed by atoms with Crippen LogP contribution in [0, 0.1) is 30.3 Å². The van der Waals surface area contributed by atoms with Crippen molar-refractivity contribution in [3.8, 4) is 5.75 Å². The molecule has 0 saturated heterocycles. The number of halogens is 1. The SMILES string of the molecule is Clc1cccnc1.O=[N+]([O-])c1cc([N+](=O)[O-])c(O)c([N+](=O)[O-])c1. The zero-order valence-electron chi connectivity index (χ0n) is 11.0. The van der Waals surface area contributed by atoms with E-state index in [1.165, 1.54) is 0 Å². The third kappa shape index (κ3) is 4.86. The Morgan fingerprint density at radius 2 is 1.52 bits per heavy atom. The van der Waals surface area contributed by atoms with Gasteiger partial charge in [0.1, 0.15) is 0 Å². The van der Waals surface area contributed by atoms with E-state index in [2.05, 4.69) is 4.98 Å².